The van der Waals surface area contributed by atoms with E-state index in [2.05, 4.69) is 0 Å². The van der Waals surface area contributed by atoms with E-state index in [0.717, 1.165) is 23.9 Å². The smallest absolute Gasteiger partial charge is 0.140 e. The Balaban J connectivity index is 1.55. The lowest BCUT2D eigenvalue weighted by molar-refractivity contribution is 0.538. The van der Waals surface area contributed by atoms with Gasteiger partial charge in [0.05, 0.1) is 4.90 Å². The van der Waals surface area contributed by atoms with Gasteiger partial charge in [-0.25, -0.2) is 22.0 Å². The van der Waals surface area contributed by atoms with Gasteiger partial charge in [0.1, 0.15) is 29.1 Å². The first-order valence-corrected chi connectivity index (χ1v) is 11.5. The predicted octanol–water partition coefficient (Wildman–Crippen LogP) is 8.19. The lowest BCUT2D eigenvalue weighted by Gasteiger charge is -2.10. The molecular weight excluding hydrogens is 477 g/mol. The minimum absolute atomic E-state index is 0.0788. The van der Waals surface area contributed by atoms with Crippen LogP contribution in [0.3, 0.4) is 0 Å². The zero-order valence-corrected chi connectivity index (χ0v) is 19.4. The fourth-order valence-corrected chi connectivity index (χ4v) is 4.42. The van der Waals surface area contributed by atoms with Crippen LogP contribution in [-0.2, 0) is 6.42 Å². The molecule has 0 spiro atoms. The third kappa shape index (κ3) is 5.41. The summed E-state index contributed by atoms with van der Waals surface area (Å²) in [5.41, 5.74) is 7.03. The van der Waals surface area contributed by atoms with Gasteiger partial charge in [0.15, 0.2) is 0 Å². The summed E-state index contributed by atoms with van der Waals surface area (Å²) in [6, 6.07) is 15.9. The molecule has 4 aromatic carbocycles. The SMILES string of the molecule is Cc1c(F)cc(-c2ccc(-c3ccc(Sc4c(F)cc(C/C=C\N)cc4F)cc3)cc2F)cc1F. The summed E-state index contributed by atoms with van der Waals surface area (Å²) in [6.07, 6.45) is 3.25. The maximum atomic E-state index is 14.8. The van der Waals surface area contributed by atoms with Crippen molar-refractivity contribution in [1.82, 2.24) is 0 Å². The summed E-state index contributed by atoms with van der Waals surface area (Å²) < 4.78 is 71.5. The van der Waals surface area contributed by atoms with Crippen LogP contribution in [0.2, 0.25) is 0 Å². The third-order valence-corrected chi connectivity index (χ3v) is 6.62. The molecule has 0 bridgehead atoms. The quantitative estimate of drug-likeness (QED) is 0.272. The van der Waals surface area contributed by atoms with Crippen LogP contribution in [0, 0.1) is 36.0 Å². The summed E-state index contributed by atoms with van der Waals surface area (Å²) in [4.78, 5) is 0.482. The number of benzene rings is 4. The first-order valence-electron chi connectivity index (χ1n) is 10.7. The van der Waals surface area contributed by atoms with E-state index in [4.69, 9.17) is 5.73 Å². The van der Waals surface area contributed by atoms with Gasteiger partial charge in [-0.3, -0.25) is 0 Å². The monoisotopic (exact) mass is 497 g/mol. The molecule has 0 atom stereocenters. The average molecular weight is 498 g/mol. The van der Waals surface area contributed by atoms with Crippen LogP contribution < -0.4 is 5.73 Å². The molecular formula is C28H20F5NS. The van der Waals surface area contributed by atoms with Crippen molar-refractivity contribution >= 4 is 11.8 Å². The zero-order valence-electron chi connectivity index (χ0n) is 18.6. The van der Waals surface area contributed by atoms with Gasteiger partial charge in [-0.05, 0) is 84.3 Å². The number of nitrogens with two attached hydrogens (primary N) is 1. The molecule has 7 heteroatoms. The van der Waals surface area contributed by atoms with Crippen molar-refractivity contribution in [2.24, 2.45) is 5.73 Å². The lowest BCUT2D eigenvalue weighted by atomic mass is 9.98. The van der Waals surface area contributed by atoms with Crippen LogP contribution in [0.5, 0.6) is 0 Å². The van der Waals surface area contributed by atoms with Crippen molar-refractivity contribution in [3.63, 3.8) is 0 Å². The van der Waals surface area contributed by atoms with Crippen molar-refractivity contribution < 1.29 is 22.0 Å². The van der Waals surface area contributed by atoms with Crippen LogP contribution in [-0.4, -0.2) is 0 Å². The Morgan fingerprint density at radius 2 is 1.26 bits per heavy atom. The maximum Gasteiger partial charge on any atom is 0.140 e. The van der Waals surface area contributed by atoms with Crippen LogP contribution in [0.1, 0.15) is 11.1 Å². The number of allylic oxidation sites excluding steroid dienone is 1. The minimum atomic E-state index is -0.744. The summed E-state index contributed by atoms with van der Waals surface area (Å²) >= 11 is 0.946. The minimum Gasteiger partial charge on any atom is -0.405 e. The molecule has 0 fully saturated rings. The highest BCUT2D eigenvalue weighted by Crippen LogP contribution is 2.35. The molecule has 1 nitrogen and oxygen atoms in total. The Labute approximate surface area is 204 Å². The molecule has 35 heavy (non-hydrogen) atoms. The van der Waals surface area contributed by atoms with Crippen LogP contribution >= 0.6 is 11.8 Å². The first-order chi connectivity index (χ1) is 16.8. The summed E-state index contributed by atoms with van der Waals surface area (Å²) in [5, 5.41) is 0. The Hall–Kier alpha value is -3.58. The second kappa shape index (κ2) is 10.4. The van der Waals surface area contributed by atoms with E-state index in [9.17, 15) is 22.0 Å². The van der Waals surface area contributed by atoms with Gasteiger partial charge in [0.25, 0.3) is 0 Å². The molecule has 0 saturated carbocycles. The van der Waals surface area contributed by atoms with E-state index in [-0.39, 0.29) is 21.6 Å². The summed E-state index contributed by atoms with van der Waals surface area (Å²) in [6.45, 7) is 1.31. The largest absolute Gasteiger partial charge is 0.405 e. The van der Waals surface area contributed by atoms with Crippen molar-refractivity contribution in [3.05, 3.63) is 119 Å². The van der Waals surface area contributed by atoms with Gasteiger partial charge in [-0.15, -0.1) is 0 Å². The number of hydrogen-bond acceptors (Lipinski definition) is 2. The van der Waals surface area contributed by atoms with E-state index in [1.807, 2.05) is 0 Å². The highest BCUT2D eigenvalue weighted by Gasteiger charge is 2.14. The van der Waals surface area contributed by atoms with Gasteiger partial charge < -0.3 is 5.73 Å². The molecule has 2 N–H and O–H groups in total. The van der Waals surface area contributed by atoms with Crippen molar-refractivity contribution in [1.29, 1.82) is 0 Å². The molecule has 4 aromatic rings. The molecule has 178 valence electrons. The molecule has 4 rings (SSSR count). The van der Waals surface area contributed by atoms with E-state index < -0.39 is 29.1 Å². The van der Waals surface area contributed by atoms with Crippen molar-refractivity contribution in [2.45, 2.75) is 23.1 Å². The maximum absolute atomic E-state index is 14.8. The van der Waals surface area contributed by atoms with Crippen LogP contribution in [0.25, 0.3) is 22.3 Å². The topological polar surface area (TPSA) is 26.0 Å². The van der Waals surface area contributed by atoms with Crippen molar-refractivity contribution in [2.75, 3.05) is 0 Å². The second-order valence-corrected chi connectivity index (χ2v) is 8.99. The van der Waals surface area contributed by atoms with E-state index in [1.165, 1.54) is 37.4 Å². The predicted molar refractivity (Wildman–Crippen MR) is 129 cm³/mol. The number of halogens is 5. The Morgan fingerprint density at radius 3 is 1.83 bits per heavy atom. The molecule has 0 radical (unpaired) electrons. The van der Waals surface area contributed by atoms with Crippen molar-refractivity contribution in [3.8, 4) is 22.3 Å². The lowest BCUT2D eigenvalue weighted by Crippen LogP contribution is -1.93. The summed E-state index contributed by atoms with van der Waals surface area (Å²) in [7, 11) is 0. The molecule has 0 unspecified atom stereocenters. The van der Waals surface area contributed by atoms with Crippen LogP contribution in [0.4, 0.5) is 22.0 Å². The Bertz CT molecular complexity index is 1370. The first kappa shape index (κ1) is 24.5. The molecule has 0 heterocycles. The van der Waals surface area contributed by atoms with Gasteiger partial charge in [0, 0.05) is 16.0 Å². The third-order valence-electron chi connectivity index (χ3n) is 5.52. The van der Waals surface area contributed by atoms with Gasteiger partial charge in [-0.2, -0.15) is 0 Å². The van der Waals surface area contributed by atoms with E-state index in [1.54, 1.807) is 36.4 Å². The second-order valence-electron chi connectivity index (χ2n) is 7.91. The highest BCUT2D eigenvalue weighted by atomic mass is 32.2. The summed E-state index contributed by atoms with van der Waals surface area (Å²) in [5.74, 6) is -3.45. The normalized spacial score (nSPS) is 11.4. The highest BCUT2D eigenvalue weighted by molar-refractivity contribution is 7.99. The molecule has 0 saturated heterocycles. The molecule has 0 aliphatic rings. The molecule has 0 amide bonds. The Morgan fingerprint density at radius 1 is 0.686 bits per heavy atom. The number of hydrogen-bond donors (Lipinski definition) is 1. The number of rotatable bonds is 6. The zero-order chi connectivity index (χ0) is 25.1. The van der Waals surface area contributed by atoms with Gasteiger partial charge in [0.2, 0.25) is 0 Å². The fourth-order valence-electron chi connectivity index (χ4n) is 3.59. The Kier molecular flexibility index (Phi) is 7.26. The molecule has 0 aliphatic heterocycles. The molecule has 0 aliphatic carbocycles. The fraction of sp³-hybridized carbons (Fsp3) is 0.0714. The average Bonchev–Trinajstić information content (AvgIpc) is 2.83. The van der Waals surface area contributed by atoms with E-state index in [0.29, 0.717) is 28.0 Å². The standard InChI is InChI=1S/C28H20F5NS/c1-16-23(29)14-20(15-24(16)30)22-9-6-19(13-25(22)31)18-4-7-21(8-5-18)35-28-26(32)11-17(3-2-10-34)12-27(28)33/h2,4-15H,3,34H2,1H3/b10-2-. The van der Waals surface area contributed by atoms with Gasteiger partial charge in [-0.1, -0.05) is 42.1 Å². The molecule has 0 aromatic heterocycles. The van der Waals surface area contributed by atoms with Crippen LogP contribution in [0.15, 0.2) is 88.8 Å². The van der Waals surface area contributed by atoms with Gasteiger partial charge >= 0.3 is 0 Å². The van der Waals surface area contributed by atoms with E-state index >= 15 is 0 Å².